The third kappa shape index (κ3) is 7.65. The molecule has 5 rings (SSSR count). The average molecular weight is 634 g/mol. The maximum absolute atomic E-state index is 13.3. The van der Waals surface area contributed by atoms with E-state index in [4.69, 9.17) is 26.1 Å². The summed E-state index contributed by atoms with van der Waals surface area (Å²) in [6.45, 7) is 2.53. The summed E-state index contributed by atoms with van der Waals surface area (Å²) in [6.07, 6.45) is 6.98. The zero-order valence-corrected chi connectivity index (χ0v) is 25.4. The van der Waals surface area contributed by atoms with Gasteiger partial charge in [0.25, 0.3) is 0 Å². The molecule has 0 spiro atoms. The van der Waals surface area contributed by atoms with Crippen LogP contribution in [0.1, 0.15) is 60.5 Å². The van der Waals surface area contributed by atoms with Crippen LogP contribution in [0, 0.1) is 0 Å². The number of anilines is 2. The Balaban J connectivity index is 1.48. The molecule has 0 aliphatic carbocycles. The zero-order chi connectivity index (χ0) is 31.8. The number of methoxy groups -OCH3 is 1. The van der Waals surface area contributed by atoms with E-state index >= 15 is 0 Å². The Morgan fingerprint density at radius 1 is 1.16 bits per heavy atom. The van der Waals surface area contributed by atoms with Crippen LogP contribution in [0.5, 0.6) is 0 Å². The maximum Gasteiger partial charge on any atom is 0.411 e. The number of hydrogen-bond acceptors (Lipinski definition) is 10. The summed E-state index contributed by atoms with van der Waals surface area (Å²) in [5, 5.41) is 20.9. The first-order valence-corrected chi connectivity index (χ1v) is 14.8. The number of H-pyrrole nitrogens is 1. The molecule has 4 aromatic rings. The first-order valence-electron chi connectivity index (χ1n) is 14.4. The quantitative estimate of drug-likeness (QED) is 0.161. The van der Waals surface area contributed by atoms with Crippen LogP contribution in [0.2, 0.25) is 5.02 Å². The van der Waals surface area contributed by atoms with Gasteiger partial charge < -0.3 is 25.1 Å². The number of carbonyl (C=O) groups excluding carboxylic acids is 3. The van der Waals surface area contributed by atoms with Gasteiger partial charge in [-0.2, -0.15) is 4.68 Å². The van der Waals surface area contributed by atoms with E-state index in [1.165, 1.54) is 24.2 Å². The second-order valence-corrected chi connectivity index (χ2v) is 10.5. The van der Waals surface area contributed by atoms with Crippen molar-refractivity contribution in [3.05, 3.63) is 70.9 Å². The fraction of sp³-hybridized carbons (Fsp3) is 0.300. The summed E-state index contributed by atoms with van der Waals surface area (Å²) >= 11 is 6.22. The molecule has 2 aromatic heterocycles. The van der Waals surface area contributed by atoms with Gasteiger partial charge >= 0.3 is 12.1 Å². The number of tetrazole rings is 1. The maximum atomic E-state index is 13.3. The lowest BCUT2D eigenvalue weighted by molar-refractivity contribution is -0.117. The van der Waals surface area contributed by atoms with E-state index in [-0.39, 0.29) is 18.2 Å². The Morgan fingerprint density at radius 3 is 2.80 bits per heavy atom. The van der Waals surface area contributed by atoms with E-state index in [0.717, 1.165) is 19.3 Å². The lowest BCUT2D eigenvalue weighted by Gasteiger charge is -2.17. The first kappa shape index (κ1) is 31.2. The van der Waals surface area contributed by atoms with Crippen LogP contribution in [0.4, 0.5) is 16.2 Å². The van der Waals surface area contributed by atoms with Crippen molar-refractivity contribution in [1.29, 1.82) is 0 Å². The molecule has 0 fully saturated rings. The number of nitrogens with one attached hydrogen (secondary N) is 4. The normalized spacial score (nSPS) is 14.8. The third-order valence-electron chi connectivity index (χ3n) is 7.04. The van der Waals surface area contributed by atoms with Gasteiger partial charge in [0, 0.05) is 40.1 Å². The van der Waals surface area contributed by atoms with Crippen LogP contribution >= 0.6 is 11.6 Å². The predicted octanol–water partition coefficient (Wildman–Crippen LogP) is 4.92. The second-order valence-electron chi connectivity index (χ2n) is 10.1. The number of fused-ring (bicyclic) bond motifs is 4. The predicted molar refractivity (Wildman–Crippen MR) is 167 cm³/mol. The highest BCUT2D eigenvalue weighted by molar-refractivity contribution is 6.30. The van der Waals surface area contributed by atoms with Gasteiger partial charge in [-0.25, -0.2) is 14.6 Å². The lowest BCUT2D eigenvalue weighted by Crippen LogP contribution is -2.28. The Morgan fingerprint density at radius 2 is 2.02 bits per heavy atom. The van der Waals surface area contributed by atoms with E-state index in [1.54, 1.807) is 49.4 Å². The number of carbonyl (C=O) groups is 3. The summed E-state index contributed by atoms with van der Waals surface area (Å²) in [7, 11) is 1.29. The topological polar surface area (TPSA) is 178 Å². The van der Waals surface area contributed by atoms with E-state index in [2.05, 4.69) is 36.5 Å². The molecule has 3 heterocycles. The SMILES string of the molecule is CCOC(=O)c1[nH]c2nc1-c1ccc(NC(=O)OC)cc1NCCCCCC2NC(=O)/C=C/c1cc(Cl)ccc1-n1cnnn1. The average Bonchev–Trinajstić information content (AvgIpc) is 3.72. The van der Waals surface area contributed by atoms with E-state index in [0.29, 0.717) is 57.7 Å². The number of aromatic amines is 1. The van der Waals surface area contributed by atoms with Gasteiger partial charge in [-0.1, -0.05) is 24.4 Å². The highest BCUT2D eigenvalue weighted by atomic mass is 35.5. The molecule has 1 aliphatic rings. The molecule has 2 bridgehead atoms. The number of aromatic nitrogens is 6. The molecule has 45 heavy (non-hydrogen) atoms. The number of halogens is 1. The molecule has 0 radical (unpaired) electrons. The number of imidazole rings is 1. The second kappa shape index (κ2) is 14.5. The van der Waals surface area contributed by atoms with Gasteiger partial charge in [-0.15, -0.1) is 5.10 Å². The van der Waals surface area contributed by atoms with Crippen LogP contribution in [-0.2, 0) is 14.3 Å². The van der Waals surface area contributed by atoms with Crippen LogP contribution in [-0.4, -0.2) is 68.4 Å². The van der Waals surface area contributed by atoms with E-state index in [1.807, 2.05) is 0 Å². The van der Waals surface area contributed by atoms with E-state index < -0.39 is 18.1 Å². The molecule has 14 nitrogen and oxygen atoms in total. The summed E-state index contributed by atoms with van der Waals surface area (Å²) in [5.41, 5.74) is 3.59. The Labute approximate surface area is 263 Å². The fourth-order valence-electron chi connectivity index (χ4n) is 4.92. The summed E-state index contributed by atoms with van der Waals surface area (Å²) < 4.78 is 11.5. The number of amides is 2. The Bertz CT molecular complexity index is 1700. The first-order chi connectivity index (χ1) is 21.9. The van der Waals surface area contributed by atoms with Crippen molar-refractivity contribution in [3.8, 4) is 16.9 Å². The number of ether oxygens (including phenoxy) is 2. The standard InChI is InChI=1S/C30H32ClN9O5/c1-3-45-29(42)27-26-21-11-10-20(34-30(43)44-2)16-23(21)32-14-6-4-5-7-22(28(36-26)37-27)35-25(41)13-8-18-15-19(31)9-12-24(18)40-17-33-38-39-40/h8-13,15-17,22,32H,3-7,14H2,1-2H3,(H,34,43)(H,35,41)(H,36,37)/b13-8+. The van der Waals surface area contributed by atoms with Crippen molar-refractivity contribution >= 4 is 47.0 Å². The van der Waals surface area contributed by atoms with Gasteiger partial charge in [0.05, 0.1) is 25.4 Å². The van der Waals surface area contributed by atoms with Crippen molar-refractivity contribution in [2.45, 2.75) is 38.6 Å². The lowest BCUT2D eigenvalue weighted by atomic mass is 10.0. The summed E-state index contributed by atoms with van der Waals surface area (Å²) in [4.78, 5) is 46.1. The molecular weight excluding hydrogens is 602 g/mol. The van der Waals surface area contributed by atoms with Gasteiger partial charge in [0.2, 0.25) is 5.91 Å². The van der Waals surface area contributed by atoms with Crippen molar-refractivity contribution in [2.75, 3.05) is 30.9 Å². The minimum Gasteiger partial charge on any atom is -0.461 e. The zero-order valence-electron chi connectivity index (χ0n) is 24.7. The smallest absolute Gasteiger partial charge is 0.411 e. The number of nitrogens with zero attached hydrogens (tertiary/aromatic N) is 5. The van der Waals surface area contributed by atoms with E-state index in [9.17, 15) is 14.4 Å². The van der Waals surface area contributed by atoms with Crippen LogP contribution < -0.4 is 16.0 Å². The number of esters is 1. The van der Waals surface area contributed by atoms with Gasteiger partial charge in [0.1, 0.15) is 17.8 Å². The highest BCUT2D eigenvalue weighted by Gasteiger charge is 2.26. The van der Waals surface area contributed by atoms with Crippen molar-refractivity contribution in [3.63, 3.8) is 0 Å². The van der Waals surface area contributed by atoms with Gasteiger partial charge in [0.15, 0.2) is 5.69 Å². The summed E-state index contributed by atoms with van der Waals surface area (Å²) in [6, 6.07) is 9.84. The van der Waals surface area contributed by atoms with Crippen molar-refractivity contribution in [2.24, 2.45) is 0 Å². The molecule has 1 unspecified atom stereocenters. The van der Waals surface area contributed by atoms with Crippen LogP contribution in [0.25, 0.3) is 23.0 Å². The van der Waals surface area contributed by atoms with Gasteiger partial charge in [-0.3, -0.25) is 10.1 Å². The van der Waals surface area contributed by atoms with Crippen LogP contribution in [0.3, 0.4) is 0 Å². The monoisotopic (exact) mass is 633 g/mol. The molecule has 2 amide bonds. The molecule has 0 saturated carbocycles. The molecule has 1 aliphatic heterocycles. The molecule has 15 heteroatoms. The summed E-state index contributed by atoms with van der Waals surface area (Å²) in [5.74, 6) is -0.536. The molecule has 0 saturated heterocycles. The third-order valence-corrected chi connectivity index (χ3v) is 7.27. The molecule has 1 atom stereocenters. The number of rotatable bonds is 7. The molecule has 4 N–H and O–H groups in total. The minimum absolute atomic E-state index is 0.155. The van der Waals surface area contributed by atoms with Gasteiger partial charge in [-0.05, 0) is 72.7 Å². The largest absolute Gasteiger partial charge is 0.461 e. The van der Waals surface area contributed by atoms with Crippen LogP contribution in [0.15, 0.2) is 48.8 Å². The minimum atomic E-state index is -0.605. The number of hydrogen-bond donors (Lipinski definition) is 4. The highest BCUT2D eigenvalue weighted by Crippen LogP contribution is 2.34. The Hall–Kier alpha value is -5.24. The van der Waals surface area contributed by atoms with Crippen molar-refractivity contribution < 1.29 is 23.9 Å². The molecule has 2 aromatic carbocycles. The fourth-order valence-corrected chi connectivity index (χ4v) is 5.10. The van der Waals surface area contributed by atoms with Crippen molar-refractivity contribution in [1.82, 2.24) is 35.5 Å². The molecular formula is C30H32ClN9O5. The number of benzene rings is 2. The Kier molecular flexibility index (Phi) is 10.0. The molecule has 234 valence electrons.